The van der Waals surface area contributed by atoms with E-state index in [2.05, 4.69) is 15.1 Å². The summed E-state index contributed by atoms with van der Waals surface area (Å²) in [7, 11) is -3.87. The van der Waals surface area contributed by atoms with E-state index in [1.165, 1.54) is 18.3 Å². The van der Waals surface area contributed by atoms with E-state index in [1.54, 1.807) is 35.1 Å². The Kier molecular flexibility index (Phi) is 5.33. The second-order valence-electron chi connectivity index (χ2n) is 6.26. The van der Waals surface area contributed by atoms with E-state index in [1.807, 2.05) is 31.4 Å². The average molecular weight is 405 g/mol. The number of carbonyl (C=O) groups excluding carboxylic acids is 1. The molecule has 0 spiro atoms. The summed E-state index contributed by atoms with van der Waals surface area (Å²) >= 11 is 1.43. The number of hydrogen-bond acceptors (Lipinski definition) is 5. The van der Waals surface area contributed by atoms with E-state index >= 15 is 0 Å². The molecule has 0 aliphatic heterocycles. The maximum atomic E-state index is 13.0. The van der Waals surface area contributed by atoms with Crippen LogP contribution in [0.15, 0.2) is 52.9 Å². The molecule has 3 aromatic rings. The molecule has 0 saturated carbocycles. The first-order valence-electron chi connectivity index (χ1n) is 8.30. The van der Waals surface area contributed by atoms with Gasteiger partial charge in [-0.1, -0.05) is 12.1 Å². The highest BCUT2D eigenvalue weighted by Gasteiger charge is 2.25. The van der Waals surface area contributed by atoms with Gasteiger partial charge in [0.1, 0.15) is 10.6 Å². The van der Waals surface area contributed by atoms with Crippen molar-refractivity contribution >= 4 is 38.6 Å². The number of rotatable bonds is 6. The molecule has 7 nitrogen and oxygen atoms in total. The Hall–Kier alpha value is -2.65. The monoisotopic (exact) mass is 404 g/mol. The number of carbonyl (C=O) groups is 1. The van der Waals surface area contributed by atoms with Gasteiger partial charge in [-0.25, -0.2) is 8.42 Å². The molecular weight excluding hydrogens is 384 g/mol. The van der Waals surface area contributed by atoms with Crippen LogP contribution in [-0.2, 0) is 14.8 Å². The molecule has 1 amide bonds. The predicted octanol–water partition coefficient (Wildman–Crippen LogP) is 3.95. The SMILES string of the molecule is CC(=O)Nc1cccc(NS(=O)(=O)c2cn(C(C)C)nc2-c2cccs2)c1. The summed E-state index contributed by atoms with van der Waals surface area (Å²) in [6.45, 7) is 5.27. The first-order chi connectivity index (χ1) is 12.8. The van der Waals surface area contributed by atoms with Crippen LogP contribution in [0.2, 0.25) is 0 Å². The van der Waals surface area contributed by atoms with E-state index in [9.17, 15) is 13.2 Å². The van der Waals surface area contributed by atoms with Crippen molar-refractivity contribution in [1.82, 2.24) is 9.78 Å². The van der Waals surface area contributed by atoms with Gasteiger partial charge >= 0.3 is 0 Å². The highest BCUT2D eigenvalue weighted by Crippen LogP contribution is 2.31. The molecule has 2 N–H and O–H groups in total. The number of nitrogens with zero attached hydrogens (tertiary/aromatic N) is 2. The van der Waals surface area contributed by atoms with E-state index in [0.717, 1.165) is 4.88 Å². The number of amides is 1. The average Bonchev–Trinajstić information content (AvgIpc) is 3.24. The summed E-state index contributed by atoms with van der Waals surface area (Å²) < 4.78 is 30.3. The Bertz CT molecular complexity index is 1050. The molecule has 2 aromatic heterocycles. The minimum Gasteiger partial charge on any atom is -0.326 e. The van der Waals surface area contributed by atoms with Gasteiger partial charge in [0.2, 0.25) is 5.91 Å². The number of aromatic nitrogens is 2. The van der Waals surface area contributed by atoms with E-state index in [-0.39, 0.29) is 16.8 Å². The molecule has 0 bridgehead atoms. The van der Waals surface area contributed by atoms with Crippen molar-refractivity contribution in [3.05, 3.63) is 48.0 Å². The van der Waals surface area contributed by atoms with Gasteiger partial charge in [-0.05, 0) is 43.5 Å². The zero-order chi connectivity index (χ0) is 19.6. The van der Waals surface area contributed by atoms with Crippen molar-refractivity contribution in [2.75, 3.05) is 10.0 Å². The molecule has 0 atom stereocenters. The van der Waals surface area contributed by atoms with Crippen LogP contribution in [0.5, 0.6) is 0 Å². The maximum absolute atomic E-state index is 13.0. The van der Waals surface area contributed by atoms with Crippen LogP contribution in [-0.4, -0.2) is 24.1 Å². The fraction of sp³-hybridized carbons (Fsp3) is 0.222. The Labute approximate surface area is 162 Å². The molecule has 27 heavy (non-hydrogen) atoms. The van der Waals surface area contributed by atoms with Crippen molar-refractivity contribution in [2.24, 2.45) is 0 Å². The first-order valence-corrected chi connectivity index (χ1v) is 10.7. The fourth-order valence-corrected chi connectivity index (χ4v) is 4.48. The van der Waals surface area contributed by atoms with Gasteiger partial charge in [0.15, 0.2) is 0 Å². The van der Waals surface area contributed by atoms with Crippen molar-refractivity contribution in [3.8, 4) is 10.6 Å². The minimum absolute atomic E-state index is 0.0238. The summed E-state index contributed by atoms with van der Waals surface area (Å²) in [5, 5.41) is 8.98. The summed E-state index contributed by atoms with van der Waals surface area (Å²) in [4.78, 5) is 12.1. The Balaban J connectivity index is 1.99. The topological polar surface area (TPSA) is 93.1 Å². The molecule has 0 saturated heterocycles. The highest BCUT2D eigenvalue weighted by molar-refractivity contribution is 7.92. The molecule has 0 aliphatic rings. The third-order valence-electron chi connectivity index (χ3n) is 3.71. The Morgan fingerprint density at radius 2 is 1.93 bits per heavy atom. The van der Waals surface area contributed by atoms with Crippen LogP contribution in [0.3, 0.4) is 0 Å². The number of benzene rings is 1. The van der Waals surface area contributed by atoms with E-state index in [4.69, 9.17) is 0 Å². The van der Waals surface area contributed by atoms with Gasteiger partial charge < -0.3 is 5.32 Å². The van der Waals surface area contributed by atoms with Gasteiger partial charge in [-0.3, -0.25) is 14.2 Å². The quantitative estimate of drug-likeness (QED) is 0.650. The summed E-state index contributed by atoms with van der Waals surface area (Å²) in [5.41, 5.74) is 1.29. The third kappa shape index (κ3) is 4.37. The lowest BCUT2D eigenvalue weighted by molar-refractivity contribution is -0.114. The second kappa shape index (κ2) is 7.53. The summed E-state index contributed by atoms with van der Waals surface area (Å²) in [6, 6.07) is 10.3. The summed E-state index contributed by atoms with van der Waals surface area (Å²) in [5.74, 6) is -0.229. The molecule has 142 valence electrons. The number of anilines is 2. The van der Waals surface area contributed by atoms with Crippen LogP contribution in [0, 0.1) is 0 Å². The van der Waals surface area contributed by atoms with Gasteiger partial charge in [0.05, 0.1) is 10.6 Å². The molecule has 3 rings (SSSR count). The molecule has 0 aliphatic carbocycles. The molecule has 0 unspecified atom stereocenters. The lowest BCUT2D eigenvalue weighted by Crippen LogP contribution is -2.14. The van der Waals surface area contributed by atoms with Crippen molar-refractivity contribution < 1.29 is 13.2 Å². The van der Waals surface area contributed by atoms with Gasteiger partial charge in [0.25, 0.3) is 10.0 Å². The van der Waals surface area contributed by atoms with Crippen molar-refractivity contribution in [2.45, 2.75) is 31.7 Å². The van der Waals surface area contributed by atoms with Crippen LogP contribution < -0.4 is 10.0 Å². The van der Waals surface area contributed by atoms with Crippen LogP contribution in [0.25, 0.3) is 10.6 Å². The smallest absolute Gasteiger partial charge is 0.265 e. The lowest BCUT2D eigenvalue weighted by atomic mass is 10.3. The summed E-state index contributed by atoms with van der Waals surface area (Å²) in [6.07, 6.45) is 1.54. The maximum Gasteiger partial charge on any atom is 0.265 e. The standard InChI is InChI=1S/C18H20N4O3S2/c1-12(2)22-11-17(18(20-22)16-8-5-9-26-16)27(24,25)21-15-7-4-6-14(10-15)19-13(3)23/h4-12,21H,1-3H3,(H,19,23). The first kappa shape index (κ1) is 19.1. The Morgan fingerprint density at radius 3 is 2.56 bits per heavy atom. The molecule has 2 heterocycles. The van der Waals surface area contributed by atoms with E-state index in [0.29, 0.717) is 17.1 Å². The van der Waals surface area contributed by atoms with Gasteiger partial charge in [-0.15, -0.1) is 11.3 Å². The third-order valence-corrected chi connectivity index (χ3v) is 5.97. The minimum atomic E-state index is -3.87. The Morgan fingerprint density at radius 1 is 1.19 bits per heavy atom. The molecule has 9 heteroatoms. The van der Waals surface area contributed by atoms with Gasteiger partial charge in [-0.2, -0.15) is 5.10 Å². The zero-order valence-electron chi connectivity index (χ0n) is 15.1. The van der Waals surface area contributed by atoms with Crippen LogP contribution in [0.4, 0.5) is 11.4 Å². The fourth-order valence-electron chi connectivity index (χ4n) is 2.49. The van der Waals surface area contributed by atoms with E-state index < -0.39 is 10.0 Å². The molecule has 0 fully saturated rings. The predicted molar refractivity (Wildman–Crippen MR) is 107 cm³/mol. The molecule has 0 radical (unpaired) electrons. The van der Waals surface area contributed by atoms with Crippen molar-refractivity contribution in [3.63, 3.8) is 0 Å². The van der Waals surface area contributed by atoms with Crippen molar-refractivity contribution in [1.29, 1.82) is 0 Å². The second-order valence-corrected chi connectivity index (χ2v) is 8.86. The van der Waals surface area contributed by atoms with Crippen LogP contribution >= 0.6 is 11.3 Å². The molecule has 1 aromatic carbocycles. The zero-order valence-corrected chi connectivity index (χ0v) is 16.8. The number of thiophene rings is 1. The molecular formula is C18H20N4O3S2. The number of nitrogens with one attached hydrogen (secondary N) is 2. The normalized spacial score (nSPS) is 11.6. The highest BCUT2D eigenvalue weighted by atomic mass is 32.2. The largest absolute Gasteiger partial charge is 0.326 e. The number of sulfonamides is 1. The number of hydrogen-bond donors (Lipinski definition) is 2. The lowest BCUT2D eigenvalue weighted by Gasteiger charge is -2.09. The van der Waals surface area contributed by atoms with Crippen LogP contribution in [0.1, 0.15) is 26.8 Å². The van der Waals surface area contributed by atoms with Gasteiger partial charge in [0, 0.05) is 24.8 Å².